The summed E-state index contributed by atoms with van der Waals surface area (Å²) in [7, 11) is 3.81. The van der Waals surface area contributed by atoms with E-state index in [1.165, 1.54) is 6.08 Å². The number of anilines is 1. The van der Waals surface area contributed by atoms with Gasteiger partial charge in [0, 0.05) is 44.4 Å². The van der Waals surface area contributed by atoms with Gasteiger partial charge in [0.15, 0.2) is 0 Å². The molecule has 0 bridgehead atoms. The molecule has 1 saturated heterocycles. The maximum absolute atomic E-state index is 12.6. The number of benzene rings is 1. The molecule has 1 fully saturated rings. The Morgan fingerprint density at radius 2 is 2.11 bits per heavy atom. The molecule has 4 atom stereocenters. The standard InChI is InChI=1S/C20H27N3O5/c1-23(2)13-5-3-6-14(11-13)28-17-10-12(9-16(24)18(17)25)19(26)22-15-7-4-8-21-20(15)27/h3,5-6,10-11,15-18,24-25H,4,7-9H2,1-2H3,(H,21,27)(H,22,26). The van der Waals surface area contributed by atoms with Crippen molar-refractivity contribution in [3.05, 3.63) is 35.9 Å². The minimum absolute atomic E-state index is 0.00106. The first-order chi connectivity index (χ1) is 13.3. The Kier molecular flexibility index (Phi) is 6.21. The first kappa shape index (κ1) is 20.2. The average molecular weight is 389 g/mol. The fourth-order valence-corrected chi connectivity index (χ4v) is 3.35. The molecule has 1 aromatic carbocycles. The first-order valence-electron chi connectivity index (χ1n) is 9.44. The lowest BCUT2D eigenvalue weighted by atomic mass is 9.91. The largest absolute Gasteiger partial charge is 0.483 e. The molecule has 4 N–H and O–H groups in total. The van der Waals surface area contributed by atoms with Crippen LogP contribution in [0.1, 0.15) is 19.3 Å². The molecule has 1 aliphatic heterocycles. The number of nitrogens with zero attached hydrogens (tertiary/aromatic N) is 1. The van der Waals surface area contributed by atoms with Crippen molar-refractivity contribution >= 4 is 17.5 Å². The predicted molar refractivity (Wildman–Crippen MR) is 104 cm³/mol. The van der Waals surface area contributed by atoms with Crippen LogP contribution in [0.2, 0.25) is 0 Å². The first-order valence-corrected chi connectivity index (χ1v) is 9.44. The highest BCUT2D eigenvalue weighted by molar-refractivity contribution is 5.97. The number of ether oxygens (including phenoxy) is 1. The SMILES string of the molecule is CN(C)c1cccc(OC2C=C(C(=O)NC3CCCNC3=O)CC(O)C2O)c1. The van der Waals surface area contributed by atoms with Gasteiger partial charge in [-0.2, -0.15) is 0 Å². The van der Waals surface area contributed by atoms with Gasteiger partial charge in [-0.3, -0.25) is 9.59 Å². The third kappa shape index (κ3) is 4.63. The molecule has 4 unspecified atom stereocenters. The van der Waals surface area contributed by atoms with Gasteiger partial charge in [-0.25, -0.2) is 0 Å². The van der Waals surface area contributed by atoms with Crippen LogP contribution in [0.4, 0.5) is 5.69 Å². The van der Waals surface area contributed by atoms with Crippen molar-refractivity contribution in [1.29, 1.82) is 0 Å². The van der Waals surface area contributed by atoms with Gasteiger partial charge < -0.3 is 30.5 Å². The highest BCUT2D eigenvalue weighted by atomic mass is 16.5. The third-order valence-electron chi connectivity index (χ3n) is 5.01. The minimum Gasteiger partial charge on any atom is -0.483 e. The van der Waals surface area contributed by atoms with Crippen LogP contribution < -0.4 is 20.3 Å². The number of piperidine rings is 1. The van der Waals surface area contributed by atoms with Crippen LogP contribution in [0.3, 0.4) is 0 Å². The molecule has 0 spiro atoms. The lowest BCUT2D eigenvalue weighted by Gasteiger charge is -2.31. The Bertz CT molecular complexity index is 764. The molecule has 0 aromatic heterocycles. The second-order valence-corrected chi connectivity index (χ2v) is 7.39. The lowest BCUT2D eigenvalue weighted by molar-refractivity contribution is -0.129. The zero-order valence-electron chi connectivity index (χ0n) is 16.1. The second kappa shape index (κ2) is 8.62. The van der Waals surface area contributed by atoms with Crippen molar-refractivity contribution in [2.45, 2.75) is 43.6 Å². The van der Waals surface area contributed by atoms with E-state index in [4.69, 9.17) is 4.74 Å². The summed E-state index contributed by atoms with van der Waals surface area (Å²) < 4.78 is 5.85. The average Bonchev–Trinajstić information content (AvgIpc) is 2.67. The normalized spacial score (nSPS) is 27.4. The minimum atomic E-state index is -1.16. The summed E-state index contributed by atoms with van der Waals surface area (Å²) >= 11 is 0. The van der Waals surface area contributed by atoms with Crippen LogP contribution in [-0.4, -0.2) is 67.0 Å². The molecule has 0 saturated carbocycles. The van der Waals surface area contributed by atoms with Crippen molar-refractivity contribution in [1.82, 2.24) is 10.6 Å². The zero-order chi connectivity index (χ0) is 20.3. The summed E-state index contributed by atoms with van der Waals surface area (Å²) in [6.45, 7) is 0.612. The highest BCUT2D eigenvalue weighted by Crippen LogP contribution is 2.26. The van der Waals surface area contributed by atoms with Crippen molar-refractivity contribution in [2.75, 3.05) is 25.5 Å². The zero-order valence-corrected chi connectivity index (χ0v) is 16.1. The molecule has 152 valence electrons. The molecular formula is C20H27N3O5. The molecular weight excluding hydrogens is 362 g/mol. The van der Waals surface area contributed by atoms with Crippen LogP contribution in [0, 0.1) is 0 Å². The van der Waals surface area contributed by atoms with Crippen LogP contribution in [0.15, 0.2) is 35.9 Å². The van der Waals surface area contributed by atoms with E-state index in [9.17, 15) is 19.8 Å². The van der Waals surface area contributed by atoms with E-state index < -0.39 is 30.3 Å². The van der Waals surface area contributed by atoms with Gasteiger partial charge >= 0.3 is 0 Å². The molecule has 8 nitrogen and oxygen atoms in total. The van der Waals surface area contributed by atoms with Crippen LogP contribution in [0.5, 0.6) is 5.75 Å². The maximum Gasteiger partial charge on any atom is 0.247 e. The van der Waals surface area contributed by atoms with Crippen LogP contribution in [-0.2, 0) is 9.59 Å². The van der Waals surface area contributed by atoms with Gasteiger partial charge in [-0.05, 0) is 31.1 Å². The molecule has 8 heteroatoms. The quantitative estimate of drug-likeness (QED) is 0.562. The summed E-state index contributed by atoms with van der Waals surface area (Å²) in [4.78, 5) is 26.4. The molecule has 1 aromatic rings. The molecule has 1 aliphatic carbocycles. The summed E-state index contributed by atoms with van der Waals surface area (Å²) in [6, 6.07) is 6.73. The number of carbonyl (C=O) groups excluding carboxylic acids is 2. The van der Waals surface area contributed by atoms with Crippen molar-refractivity contribution < 1.29 is 24.5 Å². The predicted octanol–water partition coefficient (Wildman–Crippen LogP) is -0.0533. The van der Waals surface area contributed by atoms with E-state index in [1.807, 2.05) is 37.2 Å². The van der Waals surface area contributed by atoms with E-state index >= 15 is 0 Å². The number of aliphatic hydroxyl groups is 2. The fraction of sp³-hybridized carbons (Fsp3) is 0.500. The van der Waals surface area contributed by atoms with E-state index in [1.54, 1.807) is 6.07 Å². The Morgan fingerprint density at radius 3 is 2.82 bits per heavy atom. The second-order valence-electron chi connectivity index (χ2n) is 7.39. The molecule has 0 radical (unpaired) electrons. The van der Waals surface area contributed by atoms with Gasteiger partial charge in [-0.15, -0.1) is 0 Å². The molecule has 28 heavy (non-hydrogen) atoms. The van der Waals surface area contributed by atoms with Gasteiger partial charge in [0.25, 0.3) is 0 Å². The van der Waals surface area contributed by atoms with E-state index in [-0.39, 0.29) is 12.3 Å². The summed E-state index contributed by atoms with van der Waals surface area (Å²) in [5.74, 6) is -0.111. The van der Waals surface area contributed by atoms with Crippen molar-refractivity contribution in [2.24, 2.45) is 0 Å². The number of rotatable bonds is 5. The smallest absolute Gasteiger partial charge is 0.247 e. The third-order valence-corrected chi connectivity index (χ3v) is 5.01. The van der Waals surface area contributed by atoms with Crippen LogP contribution >= 0.6 is 0 Å². The van der Waals surface area contributed by atoms with Crippen molar-refractivity contribution in [3.63, 3.8) is 0 Å². The molecule has 2 amide bonds. The van der Waals surface area contributed by atoms with E-state index in [0.717, 1.165) is 12.1 Å². The number of nitrogens with one attached hydrogen (secondary N) is 2. The molecule has 1 heterocycles. The Hall–Kier alpha value is -2.58. The maximum atomic E-state index is 12.6. The Morgan fingerprint density at radius 1 is 1.32 bits per heavy atom. The number of amides is 2. The van der Waals surface area contributed by atoms with E-state index in [0.29, 0.717) is 24.3 Å². The van der Waals surface area contributed by atoms with Gasteiger partial charge in [0.05, 0.1) is 6.10 Å². The number of hydrogen-bond donors (Lipinski definition) is 4. The Balaban J connectivity index is 1.74. The number of carbonyl (C=O) groups is 2. The number of hydrogen-bond acceptors (Lipinski definition) is 6. The Labute approximate surface area is 164 Å². The number of aliphatic hydroxyl groups excluding tert-OH is 2. The molecule has 3 rings (SSSR count). The van der Waals surface area contributed by atoms with Crippen LogP contribution in [0.25, 0.3) is 0 Å². The highest BCUT2D eigenvalue weighted by Gasteiger charge is 2.35. The monoisotopic (exact) mass is 389 g/mol. The summed E-state index contributed by atoms with van der Waals surface area (Å²) in [6.07, 6.45) is -0.264. The fourth-order valence-electron chi connectivity index (χ4n) is 3.35. The summed E-state index contributed by atoms with van der Waals surface area (Å²) in [5, 5.41) is 26.0. The molecule has 2 aliphatic rings. The van der Waals surface area contributed by atoms with E-state index in [2.05, 4.69) is 10.6 Å². The van der Waals surface area contributed by atoms with Gasteiger partial charge in [-0.1, -0.05) is 6.07 Å². The van der Waals surface area contributed by atoms with Crippen molar-refractivity contribution in [3.8, 4) is 5.75 Å². The van der Waals surface area contributed by atoms with Gasteiger partial charge in [0.2, 0.25) is 11.8 Å². The lowest BCUT2D eigenvalue weighted by Crippen LogP contribution is -2.51. The topological polar surface area (TPSA) is 111 Å². The van der Waals surface area contributed by atoms with Gasteiger partial charge in [0.1, 0.15) is 24.0 Å². The summed E-state index contributed by atoms with van der Waals surface area (Å²) in [5.41, 5.74) is 1.22.